The molecule has 0 fully saturated rings. The van der Waals surface area contributed by atoms with Crippen molar-refractivity contribution in [3.63, 3.8) is 0 Å². The quantitative estimate of drug-likeness (QED) is 0.591. The third-order valence-corrected chi connectivity index (χ3v) is 6.07. The van der Waals surface area contributed by atoms with Crippen LogP contribution in [0.25, 0.3) is 9.75 Å². The molecule has 0 spiro atoms. The van der Waals surface area contributed by atoms with Crippen LogP contribution in [-0.2, 0) is 0 Å². The summed E-state index contributed by atoms with van der Waals surface area (Å²) in [6.45, 7) is 0. The lowest BCUT2D eigenvalue weighted by atomic mass is 10.4. The summed E-state index contributed by atoms with van der Waals surface area (Å²) in [6.07, 6.45) is 1.83. The topological polar surface area (TPSA) is 12.9 Å². The molecule has 0 N–H and O–H groups in total. The molecule has 0 saturated carbocycles. The Bertz CT molecular complexity index is 632. The summed E-state index contributed by atoms with van der Waals surface area (Å²) in [5, 5.41) is 3.14. The first kappa shape index (κ1) is 12.4. The zero-order chi connectivity index (χ0) is 12.4. The highest BCUT2D eigenvalue weighted by molar-refractivity contribution is 9.11. The molecule has 0 bridgehead atoms. The highest BCUT2D eigenvalue weighted by atomic mass is 79.9. The maximum atomic E-state index is 4.36. The molecule has 3 heterocycles. The van der Waals surface area contributed by atoms with Crippen molar-refractivity contribution in [1.29, 1.82) is 0 Å². The average molecular weight is 354 g/mol. The van der Waals surface area contributed by atoms with E-state index in [1.54, 1.807) is 34.4 Å². The van der Waals surface area contributed by atoms with Crippen molar-refractivity contribution in [2.75, 3.05) is 0 Å². The van der Waals surface area contributed by atoms with Crippen molar-refractivity contribution >= 4 is 50.4 Å². The van der Waals surface area contributed by atoms with E-state index in [1.807, 2.05) is 24.4 Å². The molecule has 0 aromatic carbocycles. The van der Waals surface area contributed by atoms with Crippen molar-refractivity contribution in [3.05, 3.63) is 51.8 Å². The third-order valence-electron chi connectivity index (χ3n) is 2.27. The predicted molar refractivity (Wildman–Crippen MR) is 83.7 cm³/mol. The van der Waals surface area contributed by atoms with Crippen LogP contribution in [0.3, 0.4) is 0 Å². The second-order valence-electron chi connectivity index (χ2n) is 3.49. The minimum atomic E-state index is 1.03. The molecule has 0 unspecified atom stereocenters. The standard InChI is InChI=1S/C13H8BrNS3/c14-11-8-10(17-12-5-1-2-6-15-12)13(18-11)9-4-3-7-16-9/h1-8H. The maximum Gasteiger partial charge on any atom is 0.101 e. The Morgan fingerprint density at radius 1 is 1.17 bits per heavy atom. The first-order valence-corrected chi connectivity index (χ1v) is 8.55. The van der Waals surface area contributed by atoms with Crippen molar-refractivity contribution in [3.8, 4) is 9.75 Å². The highest BCUT2D eigenvalue weighted by Gasteiger charge is 2.12. The van der Waals surface area contributed by atoms with Gasteiger partial charge in [-0.15, -0.1) is 22.7 Å². The second kappa shape index (κ2) is 5.57. The van der Waals surface area contributed by atoms with Crippen LogP contribution in [0.5, 0.6) is 0 Å². The van der Waals surface area contributed by atoms with E-state index in [1.165, 1.54) is 14.6 Å². The smallest absolute Gasteiger partial charge is 0.101 e. The zero-order valence-electron chi connectivity index (χ0n) is 9.17. The SMILES string of the molecule is Brc1cc(Sc2ccccn2)c(-c2cccs2)s1. The Balaban J connectivity index is 1.98. The molecule has 0 atom stereocenters. The van der Waals surface area contributed by atoms with Gasteiger partial charge in [-0.1, -0.05) is 23.9 Å². The fourth-order valence-electron chi connectivity index (χ4n) is 1.52. The van der Waals surface area contributed by atoms with Crippen LogP contribution >= 0.6 is 50.4 Å². The van der Waals surface area contributed by atoms with E-state index < -0.39 is 0 Å². The molecule has 5 heteroatoms. The second-order valence-corrected chi connectivity index (χ2v) is 7.93. The number of thiophene rings is 2. The summed E-state index contributed by atoms with van der Waals surface area (Å²) >= 11 is 8.82. The molecule has 3 rings (SSSR count). The normalized spacial score (nSPS) is 10.7. The van der Waals surface area contributed by atoms with Gasteiger partial charge in [-0.05, 0) is 45.6 Å². The van der Waals surface area contributed by atoms with Gasteiger partial charge < -0.3 is 0 Å². The maximum absolute atomic E-state index is 4.36. The summed E-state index contributed by atoms with van der Waals surface area (Å²) in [5.41, 5.74) is 0. The van der Waals surface area contributed by atoms with E-state index in [4.69, 9.17) is 0 Å². The van der Waals surface area contributed by atoms with Crippen LogP contribution in [0.2, 0.25) is 0 Å². The first-order chi connectivity index (χ1) is 8.83. The highest BCUT2D eigenvalue weighted by Crippen LogP contribution is 2.44. The van der Waals surface area contributed by atoms with Gasteiger partial charge in [0.2, 0.25) is 0 Å². The number of aromatic nitrogens is 1. The molecular weight excluding hydrogens is 346 g/mol. The van der Waals surface area contributed by atoms with Gasteiger partial charge in [0.05, 0.1) is 8.66 Å². The first-order valence-electron chi connectivity index (χ1n) is 5.25. The van der Waals surface area contributed by atoms with Gasteiger partial charge in [0.15, 0.2) is 0 Å². The summed E-state index contributed by atoms with van der Waals surface area (Å²) in [5.74, 6) is 0. The van der Waals surface area contributed by atoms with E-state index >= 15 is 0 Å². The Hall–Kier alpha value is -0.620. The van der Waals surface area contributed by atoms with Crippen molar-refractivity contribution < 1.29 is 0 Å². The van der Waals surface area contributed by atoms with Crippen LogP contribution in [0.15, 0.2) is 61.7 Å². The molecule has 0 amide bonds. The lowest BCUT2D eigenvalue weighted by molar-refractivity contribution is 1.13. The molecule has 0 aliphatic heterocycles. The molecule has 0 aliphatic rings. The largest absolute Gasteiger partial charge is 0.250 e. The molecule has 0 saturated heterocycles. The van der Waals surface area contributed by atoms with Crippen molar-refractivity contribution in [1.82, 2.24) is 4.98 Å². The number of halogens is 1. The van der Waals surface area contributed by atoms with Gasteiger partial charge >= 0.3 is 0 Å². The van der Waals surface area contributed by atoms with E-state index in [9.17, 15) is 0 Å². The Morgan fingerprint density at radius 3 is 2.83 bits per heavy atom. The monoisotopic (exact) mass is 353 g/mol. The minimum absolute atomic E-state index is 1.03. The van der Waals surface area contributed by atoms with Crippen molar-refractivity contribution in [2.24, 2.45) is 0 Å². The van der Waals surface area contributed by atoms with Crippen LogP contribution in [-0.4, -0.2) is 4.98 Å². The van der Waals surface area contributed by atoms with Crippen LogP contribution < -0.4 is 0 Å². The van der Waals surface area contributed by atoms with Gasteiger partial charge in [-0.25, -0.2) is 4.98 Å². The third kappa shape index (κ3) is 2.69. The Morgan fingerprint density at radius 2 is 2.11 bits per heavy atom. The van der Waals surface area contributed by atoms with Crippen LogP contribution in [0.4, 0.5) is 0 Å². The van der Waals surface area contributed by atoms with E-state index in [0.29, 0.717) is 0 Å². The molecule has 0 radical (unpaired) electrons. The van der Waals surface area contributed by atoms with Gasteiger partial charge in [-0.2, -0.15) is 0 Å². The molecular formula is C13H8BrNS3. The van der Waals surface area contributed by atoms with Gasteiger partial charge in [0.1, 0.15) is 5.03 Å². The zero-order valence-corrected chi connectivity index (χ0v) is 13.2. The van der Waals surface area contributed by atoms with Gasteiger partial charge in [-0.3, -0.25) is 0 Å². The van der Waals surface area contributed by atoms with Crippen LogP contribution in [0, 0.1) is 0 Å². The number of rotatable bonds is 3. The average Bonchev–Trinajstić information content (AvgIpc) is 3.00. The lowest BCUT2D eigenvalue weighted by Gasteiger charge is -2.00. The number of hydrogen-bond donors (Lipinski definition) is 0. The Labute approximate surface area is 126 Å². The number of nitrogens with zero attached hydrogens (tertiary/aromatic N) is 1. The predicted octanol–water partition coefficient (Wildman–Crippen LogP) is 5.79. The number of pyridine rings is 1. The summed E-state index contributed by atoms with van der Waals surface area (Å²) < 4.78 is 1.16. The molecule has 3 aromatic heterocycles. The fraction of sp³-hybridized carbons (Fsp3) is 0. The van der Waals surface area contributed by atoms with Crippen LogP contribution in [0.1, 0.15) is 0 Å². The van der Waals surface area contributed by atoms with E-state index in [0.717, 1.165) is 8.81 Å². The Kier molecular flexibility index (Phi) is 3.84. The lowest BCUT2D eigenvalue weighted by Crippen LogP contribution is -1.77. The molecule has 1 nitrogen and oxygen atoms in total. The summed E-state index contributed by atoms with van der Waals surface area (Å²) in [6, 6.07) is 12.4. The fourth-order valence-corrected chi connectivity index (χ4v) is 5.29. The summed E-state index contributed by atoms with van der Waals surface area (Å²) in [7, 11) is 0. The van der Waals surface area contributed by atoms with E-state index in [-0.39, 0.29) is 0 Å². The molecule has 3 aromatic rings. The summed E-state index contributed by atoms with van der Waals surface area (Å²) in [4.78, 5) is 8.24. The number of hydrogen-bond acceptors (Lipinski definition) is 4. The van der Waals surface area contributed by atoms with Gasteiger partial charge in [0.25, 0.3) is 0 Å². The molecule has 90 valence electrons. The molecule has 18 heavy (non-hydrogen) atoms. The molecule has 0 aliphatic carbocycles. The van der Waals surface area contributed by atoms with E-state index in [2.05, 4.69) is 44.5 Å². The van der Waals surface area contributed by atoms with Crippen molar-refractivity contribution in [2.45, 2.75) is 9.92 Å². The van der Waals surface area contributed by atoms with Gasteiger partial charge in [0, 0.05) is 16.0 Å². The minimum Gasteiger partial charge on any atom is -0.250 e.